The van der Waals surface area contributed by atoms with Crippen LogP contribution in [0.3, 0.4) is 0 Å². The third kappa shape index (κ3) is 3.17. The molecule has 1 fully saturated rings. The average Bonchev–Trinajstić information content (AvgIpc) is 2.29. The van der Waals surface area contributed by atoms with Crippen LogP contribution in [0, 0.1) is 5.92 Å². The van der Waals surface area contributed by atoms with Crippen molar-refractivity contribution in [3.63, 3.8) is 0 Å². The molecule has 1 atom stereocenters. The van der Waals surface area contributed by atoms with Gasteiger partial charge in [0.15, 0.2) is 0 Å². The molecule has 0 aliphatic carbocycles. The van der Waals surface area contributed by atoms with E-state index in [4.69, 9.17) is 11.6 Å². The summed E-state index contributed by atoms with van der Waals surface area (Å²) in [5, 5.41) is 5.68. The van der Waals surface area contributed by atoms with Gasteiger partial charge in [0.25, 0.3) is 0 Å². The smallest absolute Gasteiger partial charge is 0.230 e. The van der Waals surface area contributed by atoms with E-state index in [2.05, 4.69) is 15.6 Å². The minimum absolute atomic E-state index is 0.00469. The van der Waals surface area contributed by atoms with E-state index in [9.17, 15) is 9.59 Å². The summed E-state index contributed by atoms with van der Waals surface area (Å²) in [7, 11) is 0. The Hall–Kier alpha value is -1.62. The van der Waals surface area contributed by atoms with Crippen LogP contribution in [-0.2, 0) is 9.59 Å². The quantitative estimate of drug-likeness (QED) is 0.778. The molecule has 2 amide bonds. The number of piperidine rings is 1. The van der Waals surface area contributed by atoms with Crippen LogP contribution < -0.4 is 10.6 Å². The molecule has 17 heavy (non-hydrogen) atoms. The van der Waals surface area contributed by atoms with Gasteiger partial charge in [-0.3, -0.25) is 9.59 Å². The van der Waals surface area contributed by atoms with Crippen molar-refractivity contribution in [3.05, 3.63) is 23.4 Å². The molecular formula is C11H12ClN3O2. The van der Waals surface area contributed by atoms with Crippen molar-refractivity contribution in [3.8, 4) is 0 Å². The van der Waals surface area contributed by atoms with Crippen molar-refractivity contribution in [2.45, 2.75) is 12.8 Å². The second kappa shape index (κ2) is 5.14. The van der Waals surface area contributed by atoms with Crippen LogP contribution in [0.1, 0.15) is 12.8 Å². The fourth-order valence-corrected chi connectivity index (χ4v) is 1.83. The number of anilines is 1. The van der Waals surface area contributed by atoms with E-state index >= 15 is 0 Å². The van der Waals surface area contributed by atoms with Gasteiger partial charge in [0, 0.05) is 13.0 Å². The average molecular weight is 254 g/mol. The molecule has 5 nitrogen and oxygen atoms in total. The molecule has 0 aromatic carbocycles. The zero-order chi connectivity index (χ0) is 12.3. The summed E-state index contributed by atoms with van der Waals surface area (Å²) in [5.41, 5.74) is 0. The SMILES string of the molecule is O=C1CCC(C(=O)Nc2cccc(Cl)n2)CN1. The number of carbonyl (C=O) groups is 2. The lowest BCUT2D eigenvalue weighted by Crippen LogP contribution is -2.40. The highest BCUT2D eigenvalue weighted by molar-refractivity contribution is 6.29. The second-order valence-electron chi connectivity index (χ2n) is 3.87. The number of nitrogens with zero attached hydrogens (tertiary/aromatic N) is 1. The number of pyridine rings is 1. The van der Waals surface area contributed by atoms with Gasteiger partial charge in [-0.15, -0.1) is 0 Å². The molecular weight excluding hydrogens is 242 g/mol. The monoisotopic (exact) mass is 253 g/mol. The molecule has 0 spiro atoms. The van der Waals surface area contributed by atoms with E-state index in [1.165, 1.54) is 0 Å². The Morgan fingerprint density at radius 2 is 2.35 bits per heavy atom. The first-order valence-electron chi connectivity index (χ1n) is 5.35. The van der Waals surface area contributed by atoms with E-state index in [1.807, 2.05) is 0 Å². The third-order valence-corrected chi connectivity index (χ3v) is 2.81. The molecule has 1 saturated heterocycles. The molecule has 6 heteroatoms. The minimum Gasteiger partial charge on any atom is -0.355 e. The number of amides is 2. The molecule has 0 radical (unpaired) electrons. The van der Waals surface area contributed by atoms with E-state index in [1.54, 1.807) is 18.2 Å². The number of carbonyl (C=O) groups excluding carboxylic acids is 2. The summed E-state index contributed by atoms with van der Waals surface area (Å²) in [4.78, 5) is 26.8. The Morgan fingerprint density at radius 3 is 3.00 bits per heavy atom. The van der Waals surface area contributed by atoms with E-state index in [0.29, 0.717) is 30.4 Å². The van der Waals surface area contributed by atoms with Crippen LogP contribution in [0.5, 0.6) is 0 Å². The Balaban J connectivity index is 1.95. The molecule has 1 aliphatic rings. The molecule has 2 rings (SSSR count). The van der Waals surface area contributed by atoms with Crippen LogP contribution >= 0.6 is 11.6 Å². The largest absolute Gasteiger partial charge is 0.355 e. The Morgan fingerprint density at radius 1 is 1.53 bits per heavy atom. The molecule has 1 aromatic rings. The second-order valence-corrected chi connectivity index (χ2v) is 4.26. The summed E-state index contributed by atoms with van der Waals surface area (Å²) < 4.78 is 0. The number of aromatic nitrogens is 1. The van der Waals surface area contributed by atoms with Crippen LogP contribution in [0.25, 0.3) is 0 Å². The van der Waals surface area contributed by atoms with Crippen molar-refractivity contribution >= 4 is 29.2 Å². The van der Waals surface area contributed by atoms with Crippen LogP contribution in [0.15, 0.2) is 18.2 Å². The summed E-state index contributed by atoms with van der Waals surface area (Å²) in [5.74, 6) is 0.0857. The van der Waals surface area contributed by atoms with Gasteiger partial charge in [-0.05, 0) is 18.6 Å². The Bertz CT molecular complexity index is 440. The fraction of sp³-hybridized carbons (Fsp3) is 0.364. The van der Waals surface area contributed by atoms with Crippen molar-refractivity contribution in [2.75, 3.05) is 11.9 Å². The zero-order valence-electron chi connectivity index (χ0n) is 9.07. The normalized spacial score (nSPS) is 19.6. The summed E-state index contributed by atoms with van der Waals surface area (Å²) >= 11 is 5.71. The molecule has 1 aliphatic heterocycles. The minimum atomic E-state index is -0.200. The number of halogens is 1. The lowest BCUT2D eigenvalue weighted by molar-refractivity contribution is -0.126. The fourth-order valence-electron chi connectivity index (χ4n) is 1.66. The molecule has 1 aromatic heterocycles. The first-order chi connectivity index (χ1) is 8.15. The summed E-state index contributed by atoms with van der Waals surface area (Å²) in [6, 6.07) is 5.02. The highest BCUT2D eigenvalue weighted by Crippen LogP contribution is 2.14. The van der Waals surface area contributed by atoms with Crippen LogP contribution in [0.4, 0.5) is 5.82 Å². The lowest BCUT2D eigenvalue weighted by atomic mass is 9.98. The Kier molecular flexibility index (Phi) is 3.58. The molecule has 0 bridgehead atoms. The molecule has 0 saturated carbocycles. The predicted octanol–water partition coefficient (Wildman–Crippen LogP) is 1.20. The highest BCUT2D eigenvalue weighted by atomic mass is 35.5. The van der Waals surface area contributed by atoms with E-state index in [-0.39, 0.29) is 17.7 Å². The zero-order valence-corrected chi connectivity index (χ0v) is 9.83. The number of hydrogen-bond acceptors (Lipinski definition) is 3. The van der Waals surface area contributed by atoms with Gasteiger partial charge in [0.2, 0.25) is 11.8 Å². The maximum absolute atomic E-state index is 11.8. The lowest BCUT2D eigenvalue weighted by Gasteiger charge is -2.21. The Labute approximate surface area is 104 Å². The van der Waals surface area contributed by atoms with Gasteiger partial charge in [-0.1, -0.05) is 17.7 Å². The van der Waals surface area contributed by atoms with Crippen LogP contribution in [-0.4, -0.2) is 23.3 Å². The van der Waals surface area contributed by atoms with Gasteiger partial charge in [0.1, 0.15) is 11.0 Å². The van der Waals surface area contributed by atoms with E-state index in [0.717, 1.165) is 0 Å². The van der Waals surface area contributed by atoms with Crippen molar-refractivity contribution in [2.24, 2.45) is 5.92 Å². The highest BCUT2D eigenvalue weighted by Gasteiger charge is 2.24. The van der Waals surface area contributed by atoms with Gasteiger partial charge >= 0.3 is 0 Å². The number of rotatable bonds is 2. The third-order valence-electron chi connectivity index (χ3n) is 2.60. The molecule has 1 unspecified atom stereocenters. The van der Waals surface area contributed by atoms with Crippen molar-refractivity contribution < 1.29 is 9.59 Å². The summed E-state index contributed by atoms with van der Waals surface area (Å²) in [6.07, 6.45) is 0.958. The van der Waals surface area contributed by atoms with E-state index < -0.39 is 0 Å². The van der Waals surface area contributed by atoms with Gasteiger partial charge < -0.3 is 10.6 Å². The van der Waals surface area contributed by atoms with Crippen molar-refractivity contribution in [1.82, 2.24) is 10.3 Å². The van der Waals surface area contributed by atoms with Gasteiger partial charge in [0.05, 0.1) is 5.92 Å². The standard InChI is InChI=1S/C11H12ClN3O2/c12-8-2-1-3-9(14-8)15-11(17)7-4-5-10(16)13-6-7/h1-3,7H,4-6H2,(H,13,16)(H,14,15,17). The van der Waals surface area contributed by atoms with Crippen LogP contribution in [0.2, 0.25) is 5.15 Å². The first kappa shape index (κ1) is 11.9. The molecule has 90 valence electrons. The molecule has 2 N–H and O–H groups in total. The number of nitrogens with one attached hydrogen (secondary N) is 2. The maximum atomic E-state index is 11.8. The van der Waals surface area contributed by atoms with Gasteiger partial charge in [-0.25, -0.2) is 4.98 Å². The molecule has 2 heterocycles. The van der Waals surface area contributed by atoms with Gasteiger partial charge in [-0.2, -0.15) is 0 Å². The predicted molar refractivity (Wildman–Crippen MR) is 63.6 cm³/mol. The maximum Gasteiger partial charge on any atom is 0.230 e. The topological polar surface area (TPSA) is 71.1 Å². The summed E-state index contributed by atoms with van der Waals surface area (Å²) in [6.45, 7) is 0.380. The van der Waals surface area contributed by atoms with Crippen molar-refractivity contribution in [1.29, 1.82) is 0 Å². The first-order valence-corrected chi connectivity index (χ1v) is 5.73. The number of hydrogen-bond donors (Lipinski definition) is 2.